The van der Waals surface area contributed by atoms with E-state index in [0.29, 0.717) is 31.6 Å². The monoisotopic (exact) mass is 659 g/mol. The summed E-state index contributed by atoms with van der Waals surface area (Å²) in [5, 5.41) is 21.7. The Morgan fingerprint density at radius 2 is 1.72 bits per heavy atom. The number of piperazine rings is 1. The first-order chi connectivity index (χ1) is 22.7. The van der Waals surface area contributed by atoms with Crippen LogP contribution in [0.15, 0.2) is 106 Å². The van der Waals surface area contributed by atoms with E-state index >= 15 is 0 Å². The number of hydrogen-bond acceptors (Lipinski definition) is 9. The van der Waals surface area contributed by atoms with Crippen LogP contribution in [0.5, 0.6) is 0 Å². The predicted molar refractivity (Wildman–Crippen MR) is 179 cm³/mol. The van der Waals surface area contributed by atoms with E-state index in [1.807, 2.05) is 43.4 Å². The normalized spacial score (nSPS) is 20.7. The summed E-state index contributed by atoms with van der Waals surface area (Å²) in [7, 11) is -4.39. The number of amides is 1. The van der Waals surface area contributed by atoms with Crippen molar-refractivity contribution in [2.45, 2.75) is 43.3 Å². The Hall–Kier alpha value is -4.30. The van der Waals surface area contributed by atoms with Crippen molar-refractivity contribution in [2.75, 3.05) is 45.8 Å². The molecule has 3 N–H and O–H groups in total. The lowest BCUT2D eigenvalue weighted by atomic mass is 9.93. The molecule has 1 aliphatic carbocycles. The molecule has 13 heteroatoms. The van der Waals surface area contributed by atoms with Gasteiger partial charge in [-0.2, -0.15) is 4.31 Å². The quantitative estimate of drug-likeness (QED) is 0.260. The molecule has 12 nitrogen and oxygen atoms in total. The Labute approximate surface area is 275 Å². The molecular formula is C34H41N7O5S. The number of para-hydroxylation sites is 1. The molecule has 1 amide bonds. The van der Waals surface area contributed by atoms with Crippen molar-refractivity contribution in [1.82, 2.24) is 30.1 Å². The molecule has 0 saturated carbocycles. The van der Waals surface area contributed by atoms with E-state index < -0.39 is 44.0 Å². The van der Waals surface area contributed by atoms with E-state index in [9.17, 15) is 23.3 Å². The summed E-state index contributed by atoms with van der Waals surface area (Å²) in [6.07, 6.45) is 8.84. The lowest BCUT2D eigenvalue weighted by molar-refractivity contribution is -0.387. The number of dihydropyridines is 1. The van der Waals surface area contributed by atoms with Crippen LogP contribution in [-0.4, -0.2) is 91.3 Å². The number of benzene rings is 2. The molecule has 2 fully saturated rings. The molecule has 0 aromatic heterocycles. The van der Waals surface area contributed by atoms with Gasteiger partial charge in [0.1, 0.15) is 5.82 Å². The minimum Gasteiger partial charge on any atom is -0.361 e. The van der Waals surface area contributed by atoms with Crippen LogP contribution in [0.2, 0.25) is 0 Å². The topological polar surface area (TPSA) is 140 Å². The summed E-state index contributed by atoms with van der Waals surface area (Å²) in [6.45, 7) is 7.29. The van der Waals surface area contributed by atoms with Gasteiger partial charge < -0.3 is 20.9 Å². The number of piperidine rings is 1. The molecule has 248 valence electrons. The Balaban J connectivity index is 1.20. The van der Waals surface area contributed by atoms with Crippen LogP contribution in [0.3, 0.4) is 0 Å². The Morgan fingerprint density at radius 3 is 2.45 bits per heavy atom. The van der Waals surface area contributed by atoms with E-state index in [1.54, 1.807) is 0 Å². The summed E-state index contributed by atoms with van der Waals surface area (Å²) in [5.74, 6) is 0.571. The highest BCUT2D eigenvalue weighted by molar-refractivity contribution is 7.89. The molecule has 0 radical (unpaired) electrons. The minimum atomic E-state index is -4.39. The minimum absolute atomic E-state index is 0.0397. The van der Waals surface area contributed by atoms with Gasteiger partial charge >= 0.3 is 0 Å². The van der Waals surface area contributed by atoms with Crippen molar-refractivity contribution in [3.05, 3.63) is 117 Å². The molecule has 47 heavy (non-hydrogen) atoms. The number of likely N-dealkylation sites (tertiary alicyclic amines) is 1. The SMILES string of the molecule is CC1=C2C=C(NC(=O)CN(C3CCN(Cc4ccccc4)CC3)S(=O)(=O)c3ccccc3[N+](=O)[O-])C=CC2NC(N2CCNCC2)=C1. The first kappa shape index (κ1) is 32.6. The molecular weight excluding hydrogens is 618 g/mol. The fourth-order valence-corrected chi connectivity index (χ4v) is 8.46. The zero-order valence-corrected chi connectivity index (χ0v) is 27.3. The number of hydrogen-bond donors (Lipinski definition) is 3. The van der Waals surface area contributed by atoms with Crippen LogP contribution in [0, 0.1) is 10.1 Å². The number of nitro benzene ring substituents is 1. The number of nitrogens with zero attached hydrogens (tertiary/aromatic N) is 4. The average Bonchev–Trinajstić information content (AvgIpc) is 3.08. The number of allylic oxidation sites excluding steroid dienone is 3. The zero-order chi connectivity index (χ0) is 33.0. The lowest BCUT2D eigenvalue weighted by Gasteiger charge is -2.38. The predicted octanol–water partition coefficient (Wildman–Crippen LogP) is 2.85. The maximum Gasteiger partial charge on any atom is 0.289 e. The Bertz CT molecular complexity index is 1720. The van der Waals surface area contributed by atoms with Gasteiger partial charge in [0.15, 0.2) is 4.90 Å². The number of rotatable bonds is 10. The molecule has 1 unspecified atom stereocenters. The van der Waals surface area contributed by atoms with E-state index in [2.05, 4.69) is 44.0 Å². The number of carbonyl (C=O) groups excluding carboxylic acids is 1. The van der Waals surface area contributed by atoms with Gasteiger partial charge in [0.05, 0.1) is 17.5 Å². The third kappa shape index (κ3) is 7.49. The van der Waals surface area contributed by atoms with Gasteiger partial charge in [0.25, 0.3) is 15.7 Å². The van der Waals surface area contributed by atoms with Crippen LogP contribution in [0.4, 0.5) is 5.69 Å². The summed E-state index contributed by atoms with van der Waals surface area (Å²) in [4.78, 5) is 28.9. The van der Waals surface area contributed by atoms with E-state index in [4.69, 9.17) is 0 Å². The van der Waals surface area contributed by atoms with E-state index in [1.165, 1.54) is 29.8 Å². The van der Waals surface area contributed by atoms with Gasteiger partial charge in [-0.1, -0.05) is 48.5 Å². The van der Waals surface area contributed by atoms with Crippen molar-refractivity contribution in [2.24, 2.45) is 0 Å². The zero-order valence-electron chi connectivity index (χ0n) is 26.5. The molecule has 0 spiro atoms. The Morgan fingerprint density at radius 1 is 1.02 bits per heavy atom. The van der Waals surface area contributed by atoms with Crippen LogP contribution < -0.4 is 16.0 Å². The van der Waals surface area contributed by atoms with Crippen LogP contribution >= 0.6 is 0 Å². The number of sulfonamides is 1. The standard InChI is InChI=1S/C34H41N7O5S/c1-25-21-33(39-19-15-35-16-20-39)37-30-12-11-27(22-29(25)30)36-34(42)24-40(47(45,46)32-10-6-5-9-31(32)41(43)44)28-13-17-38(18-14-28)23-26-7-3-2-4-8-26/h2-12,21-22,28,30,35,37H,13-20,23-24H2,1H3,(H,36,42). The van der Waals surface area contributed by atoms with Gasteiger partial charge in [-0.3, -0.25) is 19.8 Å². The number of nitro groups is 1. The second-order valence-electron chi connectivity index (χ2n) is 12.3. The van der Waals surface area contributed by atoms with Crippen molar-refractivity contribution in [1.29, 1.82) is 0 Å². The maximum absolute atomic E-state index is 14.1. The van der Waals surface area contributed by atoms with Crippen LogP contribution in [0.25, 0.3) is 0 Å². The molecule has 1 atom stereocenters. The van der Waals surface area contributed by atoms with Gasteiger partial charge in [-0.25, -0.2) is 8.42 Å². The fourth-order valence-electron chi connectivity index (χ4n) is 6.66. The first-order valence-corrected chi connectivity index (χ1v) is 17.5. The summed E-state index contributed by atoms with van der Waals surface area (Å²) >= 11 is 0. The third-order valence-corrected chi connectivity index (χ3v) is 11.1. The van der Waals surface area contributed by atoms with Crippen LogP contribution in [-0.2, 0) is 21.4 Å². The second kappa shape index (κ2) is 14.2. The van der Waals surface area contributed by atoms with E-state index in [0.717, 1.165) is 54.0 Å². The molecule has 0 bridgehead atoms. The molecule has 2 aromatic rings. The smallest absolute Gasteiger partial charge is 0.289 e. The average molecular weight is 660 g/mol. The second-order valence-corrected chi connectivity index (χ2v) is 14.2. The summed E-state index contributed by atoms with van der Waals surface area (Å²) < 4.78 is 29.4. The fraction of sp³-hybridized carbons (Fsp3) is 0.382. The highest BCUT2D eigenvalue weighted by Crippen LogP contribution is 2.31. The van der Waals surface area contributed by atoms with Crippen LogP contribution in [0.1, 0.15) is 25.3 Å². The molecule has 3 heterocycles. The number of nitrogens with one attached hydrogen (secondary N) is 3. The highest BCUT2D eigenvalue weighted by atomic mass is 32.2. The molecule has 2 aromatic carbocycles. The maximum atomic E-state index is 14.1. The lowest BCUT2D eigenvalue weighted by Crippen LogP contribution is -2.50. The van der Waals surface area contributed by atoms with Crippen molar-refractivity contribution in [3.63, 3.8) is 0 Å². The van der Waals surface area contributed by atoms with Gasteiger partial charge in [0.2, 0.25) is 5.91 Å². The first-order valence-electron chi connectivity index (χ1n) is 16.0. The van der Waals surface area contributed by atoms with E-state index in [-0.39, 0.29) is 6.04 Å². The third-order valence-electron chi connectivity index (χ3n) is 9.13. The highest BCUT2D eigenvalue weighted by Gasteiger charge is 2.38. The molecule has 3 aliphatic heterocycles. The number of fused-ring (bicyclic) bond motifs is 1. The number of carbonyl (C=O) groups is 1. The van der Waals surface area contributed by atoms with Crippen molar-refractivity contribution >= 4 is 21.6 Å². The molecule has 6 rings (SSSR count). The van der Waals surface area contributed by atoms with Gasteiger partial charge in [-0.05, 0) is 60.8 Å². The van der Waals surface area contributed by atoms with Crippen molar-refractivity contribution < 1.29 is 18.1 Å². The van der Waals surface area contributed by atoms with Gasteiger partial charge in [-0.15, -0.1) is 0 Å². The molecule has 4 aliphatic rings. The summed E-state index contributed by atoms with van der Waals surface area (Å²) in [5.41, 5.74) is 3.32. The Kier molecular flexibility index (Phi) is 9.87. The largest absolute Gasteiger partial charge is 0.361 e. The van der Waals surface area contributed by atoms with Gasteiger partial charge in [0, 0.05) is 63.6 Å². The summed E-state index contributed by atoms with van der Waals surface area (Å²) in [6, 6.07) is 14.8. The molecule has 2 saturated heterocycles. The van der Waals surface area contributed by atoms with Crippen molar-refractivity contribution in [3.8, 4) is 0 Å².